The molecule has 0 aliphatic carbocycles. The van der Waals surface area contributed by atoms with E-state index in [1.807, 2.05) is 6.92 Å². The van der Waals surface area contributed by atoms with Crippen molar-refractivity contribution in [3.8, 4) is 0 Å². The van der Waals surface area contributed by atoms with Gasteiger partial charge < -0.3 is 10.4 Å². The first kappa shape index (κ1) is 13.9. The van der Waals surface area contributed by atoms with Gasteiger partial charge in [-0.2, -0.15) is 0 Å². The van der Waals surface area contributed by atoms with E-state index in [2.05, 4.69) is 26.1 Å². The van der Waals surface area contributed by atoms with Crippen LogP contribution in [0.5, 0.6) is 0 Å². The molecule has 0 fully saturated rings. The predicted octanol–water partition coefficient (Wildman–Crippen LogP) is 2.71. The Balaban J connectivity index is 3.58. The Labute approximate surface area is 89.1 Å². The minimum absolute atomic E-state index is 0.526. The SMILES string of the molecule is CCCCC(C)NCC(C)(O)CCC. The van der Waals surface area contributed by atoms with Gasteiger partial charge in [-0.15, -0.1) is 0 Å². The molecule has 0 rings (SSSR count). The van der Waals surface area contributed by atoms with E-state index in [0.717, 1.165) is 12.8 Å². The normalized spacial score (nSPS) is 17.8. The van der Waals surface area contributed by atoms with Gasteiger partial charge in [0.2, 0.25) is 0 Å². The van der Waals surface area contributed by atoms with Gasteiger partial charge in [-0.05, 0) is 26.7 Å². The largest absolute Gasteiger partial charge is 0.389 e. The third-order valence-corrected chi connectivity index (χ3v) is 2.61. The highest BCUT2D eigenvalue weighted by molar-refractivity contribution is 4.76. The zero-order chi connectivity index (χ0) is 11.0. The average molecular weight is 201 g/mol. The van der Waals surface area contributed by atoms with Gasteiger partial charge in [0, 0.05) is 12.6 Å². The van der Waals surface area contributed by atoms with Gasteiger partial charge in [-0.25, -0.2) is 0 Å². The third-order valence-electron chi connectivity index (χ3n) is 2.61. The summed E-state index contributed by atoms with van der Waals surface area (Å²) in [5.41, 5.74) is -0.533. The number of nitrogens with one attached hydrogen (secondary N) is 1. The van der Waals surface area contributed by atoms with Crippen LogP contribution in [-0.2, 0) is 0 Å². The molecule has 0 saturated heterocycles. The summed E-state index contributed by atoms with van der Waals surface area (Å²) in [4.78, 5) is 0. The Bertz CT molecular complexity index is 134. The molecule has 0 aromatic carbocycles. The van der Waals surface area contributed by atoms with Gasteiger partial charge in [-0.1, -0.05) is 33.1 Å². The fourth-order valence-electron chi connectivity index (χ4n) is 1.63. The molecule has 0 amide bonds. The average Bonchev–Trinajstić information content (AvgIpc) is 2.11. The maximum Gasteiger partial charge on any atom is 0.0743 e. The number of hydrogen-bond donors (Lipinski definition) is 2. The van der Waals surface area contributed by atoms with Gasteiger partial charge in [0.15, 0.2) is 0 Å². The summed E-state index contributed by atoms with van der Waals surface area (Å²) in [5.74, 6) is 0. The van der Waals surface area contributed by atoms with E-state index < -0.39 is 5.60 Å². The van der Waals surface area contributed by atoms with Crippen LogP contribution in [0.3, 0.4) is 0 Å². The van der Waals surface area contributed by atoms with Crippen molar-refractivity contribution < 1.29 is 5.11 Å². The van der Waals surface area contributed by atoms with Crippen LogP contribution in [-0.4, -0.2) is 23.3 Å². The summed E-state index contributed by atoms with van der Waals surface area (Å²) in [7, 11) is 0. The number of aliphatic hydroxyl groups is 1. The van der Waals surface area contributed by atoms with Crippen LogP contribution in [0.15, 0.2) is 0 Å². The maximum atomic E-state index is 9.93. The lowest BCUT2D eigenvalue weighted by Crippen LogP contribution is -2.41. The molecule has 0 aromatic rings. The van der Waals surface area contributed by atoms with Crippen LogP contribution in [0.25, 0.3) is 0 Å². The van der Waals surface area contributed by atoms with Crippen molar-refractivity contribution >= 4 is 0 Å². The molecule has 2 unspecified atom stereocenters. The van der Waals surface area contributed by atoms with E-state index in [4.69, 9.17) is 0 Å². The van der Waals surface area contributed by atoms with Crippen LogP contribution >= 0.6 is 0 Å². The summed E-state index contributed by atoms with van der Waals surface area (Å²) in [6.07, 6.45) is 5.64. The number of hydrogen-bond acceptors (Lipinski definition) is 2. The molecular weight excluding hydrogens is 174 g/mol. The van der Waals surface area contributed by atoms with Gasteiger partial charge in [0.25, 0.3) is 0 Å². The Morgan fingerprint density at radius 3 is 2.43 bits per heavy atom. The summed E-state index contributed by atoms with van der Waals surface area (Å²) in [5, 5.41) is 13.3. The molecule has 14 heavy (non-hydrogen) atoms. The van der Waals surface area contributed by atoms with Crippen molar-refractivity contribution in [2.75, 3.05) is 6.54 Å². The molecule has 0 spiro atoms. The van der Waals surface area contributed by atoms with E-state index in [1.165, 1.54) is 19.3 Å². The molecule has 2 N–H and O–H groups in total. The summed E-state index contributed by atoms with van der Waals surface area (Å²) in [6.45, 7) is 9.13. The van der Waals surface area contributed by atoms with Crippen LogP contribution in [0.4, 0.5) is 0 Å². The van der Waals surface area contributed by atoms with Crippen LogP contribution in [0.1, 0.15) is 59.8 Å². The lowest BCUT2D eigenvalue weighted by Gasteiger charge is -2.25. The van der Waals surface area contributed by atoms with Crippen molar-refractivity contribution in [3.63, 3.8) is 0 Å². The monoisotopic (exact) mass is 201 g/mol. The van der Waals surface area contributed by atoms with Gasteiger partial charge in [-0.3, -0.25) is 0 Å². The zero-order valence-corrected chi connectivity index (χ0v) is 10.3. The van der Waals surface area contributed by atoms with Crippen molar-refractivity contribution in [2.45, 2.75) is 71.4 Å². The van der Waals surface area contributed by atoms with E-state index in [9.17, 15) is 5.11 Å². The first-order chi connectivity index (χ1) is 6.52. The Kier molecular flexibility index (Phi) is 7.20. The molecule has 0 bridgehead atoms. The highest BCUT2D eigenvalue weighted by Crippen LogP contribution is 2.11. The maximum absolute atomic E-state index is 9.93. The topological polar surface area (TPSA) is 32.3 Å². The van der Waals surface area contributed by atoms with Crippen molar-refractivity contribution in [2.24, 2.45) is 0 Å². The molecule has 0 aromatic heterocycles. The summed E-state index contributed by atoms with van der Waals surface area (Å²) < 4.78 is 0. The first-order valence-corrected chi connectivity index (χ1v) is 5.97. The third kappa shape index (κ3) is 7.34. The minimum atomic E-state index is -0.533. The quantitative estimate of drug-likeness (QED) is 0.633. The van der Waals surface area contributed by atoms with E-state index in [1.54, 1.807) is 0 Å². The van der Waals surface area contributed by atoms with Crippen LogP contribution < -0.4 is 5.32 Å². The van der Waals surface area contributed by atoms with E-state index in [0.29, 0.717) is 12.6 Å². The van der Waals surface area contributed by atoms with Gasteiger partial charge >= 0.3 is 0 Å². The van der Waals surface area contributed by atoms with Crippen LogP contribution in [0, 0.1) is 0 Å². The second-order valence-electron chi connectivity index (χ2n) is 4.67. The smallest absolute Gasteiger partial charge is 0.0743 e. The van der Waals surface area contributed by atoms with Crippen molar-refractivity contribution in [3.05, 3.63) is 0 Å². The standard InChI is InChI=1S/C12H27NO/c1-5-7-8-11(3)13-10-12(4,14)9-6-2/h11,13-14H,5-10H2,1-4H3. The second kappa shape index (κ2) is 7.24. The van der Waals surface area contributed by atoms with E-state index in [-0.39, 0.29) is 0 Å². The predicted molar refractivity (Wildman–Crippen MR) is 62.5 cm³/mol. The van der Waals surface area contributed by atoms with Gasteiger partial charge in [0.1, 0.15) is 0 Å². The highest BCUT2D eigenvalue weighted by Gasteiger charge is 2.19. The minimum Gasteiger partial charge on any atom is -0.389 e. The molecular formula is C12H27NO. The first-order valence-electron chi connectivity index (χ1n) is 5.97. The van der Waals surface area contributed by atoms with Crippen LogP contribution in [0.2, 0.25) is 0 Å². The Hall–Kier alpha value is -0.0800. The fourth-order valence-corrected chi connectivity index (χ4v) is 1.63. The van der Waals surface area contributed by atoms with Crippen molar-refractivity contribution in [1.82, 2.24) is 5.32 Å². The lowest BCUT2D eigenvalue weighted by atomic mass is 10.00. The van der Waals surface area contributed by atoms with E-state index >= 15 is 0 Å². The zero-order valence-electron chi connectivity index (χ0n) is 10.3. The molecule has 0 heterocycles. The summed E-state index contributed by atoms with van der Waals surface area (Å²) in [6, 6.07) is 0.526. The lowest BCUT2D eigenvalue weighted by molar-refractivity contribution is 0.0473. The molecule has 2 atom stereocenters. The Morgan fingerprint density at radius 1 is 1.29 bits per heavy atom. The molecule has 0 saturated carbocycles. The second-order valence-corrected chi connectivity index (χ2v) is 4.67. The fraction of sp³-hybridized carbons (Fsp3) is 1.00. The number of unbranched alkanes of at least 4 members (excludes halogenated alkanes) is 1. The molecule has 2 heteroatoms. The molecule has 2 nitrogen and oxygen atoms in total. The molecule has 86 valence electrons. The molecule has 0 radical (unpaired) electrons. The highest BCUT2D eigenvalue weighted by atomic mass is 16.3. The molecule has 0 aliphatic rings. The molecule has 0 aliphatic heterocycles. The van der Waals surface area contributed by atoms with Crippen molar-refractivity contribution in [1.29, 1.82) is 0 Å². The number of rotatable bonds is 8. The summed E-state index contributed by atoms with van der Waals surface area (Å²) >= 11 is 0. The Morgan fingerprint density at radius 2 is 1.93 bits per heavy atom. The van der Waals surface area contributed by atoms with Gasteiger partial charge in [0.05, 0.1) is 5.60 Å².